The highest BCUT2D eigenvalue weighted by atomic mass is 35.5. The number of halogens is 3. The molecule has 15 heteroatoms. The van der Waals surface area contributed by atoms with Crippen LogP contribution >= 0.6 is 11.6 Å². The monoisotopic (exact) mass is 608 g/mol. The zero-order chi connectivity index (χ0) is 29.6. The Labute approximate surface area is 239 Å². The van der Waals surface area contributed by atoms with E-state index in [1.165, 1.54) is 24.3 Å². The molecule has 3 N–H and O–H groups in total. The van der Waals surface area contributed by atoms with Crippen LogP contribution in [0.3, 0.4) is 0 Å². The van der Waals surface area contributed by atoms with Crippen LogP contribution in [0.5, 0.6) is 0 Å². The number of nitrogens with zero attached hydrogens (tertiary/aromatic N) is 3. The first-order valence-corrected chi connectivity index (χ1v) is 15.1. The van der Waals surface area contributed by atoms with Gasteiger partial charge in [-0.15, -0.1) is 0 Å². The van der Waals surface area contributed by atoms with Gasteiger partial charge in [0, 0.05) is 19.2 Å². The molecule has 218 valence electrons. The third-order valence-electron chi connectivity index (χ3n) is 8.12. The van der Waals surface area contributed by atoms with Crippen molar-refractivity contribution in [3.8, 4) is 0 Å². The number of sulfonamides is 1. The smallest absolute Gasteiger partial charge is 0.270 e. The van der Waals surface area contributed by atoms with E-state index in [1.807, 2.05) is 0 Å². The second kappa shape index (κ2) is 10.6. The van der Waals surface area contributed by atoms with Crippen molar-refractivity contribution in [1.29, 1.82) is 0 Å². The molecule has 2 bridgehead atoms. The van der Waals surface area contributed by atoms with Crippen LogP contribution in [0, 0.1) is 22.5 Å². The summed E-state index contributed by atoms with van der Waals surface area (Å²) in [6, 6.07) is 5.19. The molecule has 0 aliphatic heterocycles. The standard InChI is InChI=1S/C26H27ClF2N6O5S/c1-41(39,40)34-24(38)26-7-4-25(5-8-26,6-9-26)14-31-23(37)20-11-19(33-21-18(29)13-32-35(20)21)22(36)30-12-15-2-3-17(28)16(27)10-15/h2-3,10-11,13H,4-9,12,14H2,1H3,(H,30,36)(H,31,37)(H,34,38). The predicted octanol–water partition coefficient (Wildman–Crippen LogP) is 2.74. The van der Waals surface area contributed by atoms with Gasteiger partial charge in [0.2, 0.25) is 15.9 Å². The number of fused-ring (bicyclic) bond motifs is 4. The van der Waals surface area contributed by atoms with Gasteiger partial charge in [0.05, 0.1) is 22.9 Å². The number of amides is 3. The molecule has 0 atom stereocenters. The first kappa shape index (κ1) is 28.9. The number of carbonyl (C=O) groups is 3. The molecule has 3 aliphatic carbocycles. The zero-order valence-electron chi connectivity index (χ0n) is 22.0. The minimum atomic E-state index is -3.66. The summed E-state index contributed by atoms with van der Waals surface area (Å²) in [7, 11) is -3.66. The van der Waals surface area contributed by atoms with Crippen molar-refractivity contribution in [2.24, 2.45) is 10.8 Å². The van der Waals surface area contributed by atoms with E-state index in [9.17, 15) is 31.6 Å². The molecule has 6 rings (SSSR count). The van der Waals surface area contributed by atoms with E-state index in [-0.39, 0.29) is 40.6 Å². The van der Waals surface area contributed by atoms with Crippen LogP contribution in [0.15, 0.2) is 30.5 Å². The molecule has 3 fully saturated rings. The van der Waals surface area contributed by atoms with Gasteiger partial charge in [0.15, 0.2) is 11.5 Å². The Morgan fingerprint density at radius 1 is 1.00 bits per heavy atom. The number of rotatable bonds is 8. The van der Waals surface area contributed by atoms with Gasteiger partial charge in [-0.3, -0.25) is 19.1 Å². The predicted molar refractivity (Wildman–Crippen MR) is 143 cm³/mol. The van der Waals surface area contributed by atoms with Crippen LogP contribution in [0.1, 0.15) is 65.1 Å². The summed E-state index contributed by atoms with van der Waals surface area (Å²) in [4.78, 5) is 42.8. The van der Waals surface area contributed by atoms with E-state index in [4.69, 9.17) is 11.6 Å². The van der Waals surface area contributed by atoms with Crippen molar-refractivity contribution >= 4 is 45.0 Å². The lowest BCUT2D eigenvalue weighted by Gasteiger charge is -2.52. The molecular weight excluding hydrogens is 582 g/mol. The van der Waals surface area contributed by atoms with Gasteiger partial charge >= 0.3 is 0 Å². The fourth-order valence-electron chi connectivity index (χ4n) is 5.64. The molecule has 41 heavy (non-hydrogen) atoms. The SMILES string of the molecule is CS(=O)(=O)NC(=O)C12CCC(CNC(=O)c3cc(C(=O)NCc4ccc(F)c(Cl)c4)nc4c(F)cnn34)(CC1)CC2. The molecular formula is C26H27ClF2N6O5S. The van der Waals surface area contributed by atoms with Gasteiger partial charge in [-0.25, -0.2) is 26.7 Å². The normalized spacial score (nSPS) is 22.0. The lowest BCUT2D eigenvalue weighted by molar-refractivity contribution is -0.138. The van der Waals surface area contributed by atoms with E-state index in [1.54, 1.807) is 0 Å². The maximum atomic E-state index is 14.4. The van der Waals surface area contributed by atoms with Crippen LogP contribution < -0.4 is 15.4 Å². The molecule has 3 aromatic rings. The fraction of sp³-hybridized carbons (Fsp3) is 0.423. The zero-order valence-corrected chi connectivity index (χ0v) is 23.5. The van der Waals surface area contributed by atoms with Crippen molar-refractivity contribution in [3.05, 3.63) is 64.1 Å². The largest absolute Gasteiger partial charge is 0.350 e. The first-order valence-electron chi connectivity index (χ1n) is 12.9. The molecule has 3 saturated carbocycles. The first-order chi connectivity index (χ1) is 19.3. The van der Waals surface area contributed by atoms with Gasteiger partial charge in [-0.05, 0) is 61.6 Å². The molecule has 0 unspecified atom stereocenters. The van der Waals surface area contributed by atoms with E-state index in [2.05, 4.69) is 25.4 Å². The van der Waals surface area contributed by atoms with Gasteiger partial charge in [0.25, 0.3) is 11.8 Å². The fourth-order valence-corrected chi connectivity index (χ4v) is 6.40. The molecule has 2 aromatic heterocycles. The summed E-state index contributed by atoms with van der Waals surface area (Å²) in [5.41, 5.74) is -1.11. The summed E-state index contributed by atoms with van der Waals surface area (Å²) >= 11 is 5.79. The lowest BCUT2D eigenvalue weighted by atomic mass is 9.53. The van der Waals surface area contributed by atoms with Crippen molar-refractivity contribution in [2.45, 2.75) is 45.1 Å². The number of carbonyl (C=O) groups excluding carboxylic acids is 3. The van der Waals surface area contributed by atoms with Crippen molar-refractivity contribution in [2.75, 3.05) is 12.8 Å². The van der Waals surface area contributed by atoms with E-state index >= 15 is 0 Å². The lowest BCUT2D eigenvalue weighted by Crippen LogP contribution is -2.53. The highest BCUT2D eigenvalue weighted by Crippen LogP contribution is 2.56. The van der Waals surface area contributed by atoms with Crippen LogP contribution in [0.4, 0.5) is 8.78 Å². The summed E-state index contributed by atoms with van der Waals surface area (Å²) in [5.74, 6) is -3.18. The summed E-state index contributed by atoms with van der Waals surface area (Å²) in [6.07, 6.45) is 5.19. The minimum absolute atomic E-state index is 0.0127. The van der Waals surface area contributed by atoms with E-state index < -0.39 is 44.8 Å². The Kier molecular flexibility index (Phi) is 7.49. The van der Waals surface area contributed by atoms with Crippen molar-refractivity contribution in [1.82, 2.24) is 30.0 Å². The summed E-state index contributed by atoms with van der Waals surface area (Å²) in [6.45, 7) is 0.261. The van der Waals surface area contributed by atoms with E-state index in [0.29, 0.717) is 44.1 Å². The topological polar surface area (TPSA) is 152 Å². The maximum Gasteiger partial charge on any atom is 0.270 e. The van der Waals surface area contributed by atoms with Crippen molar-refractivity contribution < 1.29 is 31.6 Å². The van der Waals surface area contributed by atoms with Crippen LogP contribution in [-0.2, 0) is 21.4 Å². The molecule has 3 amide bonds. The van der Waals surface area contributed by atoms with Crippen molar-refractivity contribution in [3.63, 3.8) is 0 Å². The summed E-state index contributed by atoms with van der Waals surface area (Å²) in [5, 5.41) is 9.26. The number of benzene rings is 1. The highest BCUT2D eigenvalue weighted by Gasteiger charge is 2.52. The van der Waals surface area contributed by atoms with Gasteiger partial charge in [0.1, 0.15) is 17.2 Å². The number of aromatic nitrogens is 3. The quantitative estimate of drug-likeness (QED) is 0.356. The molecule has 0 saturated heterocycles. The molecule has 0 radical (unpaired) electrons. The van der Waals surface area contributed by atoms with Crippen LogP contribution in [0.25, 0.3) is 5.65 Å². The molecule has 11 nitrogen and oxygen atoms in total. The number of hydrogen-bond acceptors (Lipinski definition) is 7. The van der Waals surface area contributed by atoms with E-state index in [0.717, 1.165) is 17.0 Å². The molecule has 0 spiro atoms. The Morgan fingerprint density at radius 3 is 2.32 bits per heavy atom. The third-order valence-corrected chi connectivity index (χ3v) is 8.96. The third kappa shape index (κ3) is 5.89. The Balaban J connectivity index is 1.28. The van der Waals surface area contributed by atoms with Crippen LogP contribution in [-0.4, -0.2) is 53.5 Å². The van der Waals surface area contributed by atoms with Crippen LogP contribution in [0.2, 0.25) is 5.02 Å². The van der Waals surface area contributed by atoms with Gasteiger partial charge in [-0.1, -0.05) is 17.7 Å². The average Bonchev–Trinajstić information content (AvgIpc) is 3.32. The number of hydrogen-bond donors (Lipinski definition) is 3. The highest BCUT2D eigenvalue weighted by molar-refractivity contribution is 7.89. The Morgan fingerprint density at radius 2 is 1.68 bits per heavy atom. The Hall–Kier alpha value is -3.65. The molecule has 1 aromatic carbocycles. The maximum absolute atomic E-state index is 14.4. The second-order valence-corrected chi connectivity index (χ2v) is 13.0. The number of nitrogens with one attached hydrogen (secondary N) is 3. The summed E-state index contributed by atoms with van der Waals surface area (Å²) < 4.78 is 54.1. The second-order valence-electron chi connectivity index (χ2n) is 10.9. The molecule has 2 heterocycles. The average molecular weight is 609 g/mol. The Bertz CT molecular complexity index is 1650. The minimum Gasteiger partial charge on any atom is -0.350 e. The van der Waals surface area contributed by atoms with Gasteiger partial charge in [-0.2, -0.15) is 5.10 Å². The van der Waals surface area contributed by atoms with Gasteiger partial charge < -0.3 is 10.6 Å². The molecule has 3 aliphatic rings.